The van der Waals surface area contributed by atoms with E-state index in [0.717, 1.165) is 19.5 Å². The lowest BCUT2D eigenvalue weighted by Gasteiger charge is -2.22. The molecule has 2 nitrogen and oxygen atoms in total. The zero-order chi connectivity index (χ0) is 11.3. The molecule has 2 heteroatoms. The summed E-state index contributed by atoms with van der Waals surface area (Å²) in [7, 11) is 2.16. The zero-order valence-electron chi connectivity index (χ0n) is 10.0. The van der Waals surface area contributed by atoms with Crippen molar-refractivity contribution in [1.82, 2.24) is 4.90 Å². The maximum absolute atomic E-state index is 5.61. The Labute approximate surface area is 93.1 Å². The van der Waals surface area contributed by atoms with Crippen molar-refractivity contribution in [2.45, 2.75) is 32.9 Å². The molecule has 0 spiro atoms. The molecule has 0 saturated heterocycles. The smallest absolute Gasteiger partial charge is 0.0236 e. The van der Waals surface area contributed by atoms with E-state index in [9.17, 15) is 0 Å². The van der Waals surface area contributed by atoms with E-state index in [1.165, 1.54) is 11.1 Å². The third kappa shape index (κ3) is 3.65. The van der Waals surface area contributed by atoms with Gasteiger partial charge in [0.15, 0.2) is 0 Å². The van der Waals surface area contributed by atoms with Crippen LogP contribution in [0.2, 0.25) is 0 Å². The Hall–Kier alpha value is -0.860. The second-order valence-electron chi connectivity index (χ2n) is 4.32. The van der Waals surface area contributed by atoms with E-state index in [0.29, 0.717) is 6.04 Å². The van der Waals surface area contributed by atoms with Crippen molar-refractivity contribution in [1.29, 1.82) is 0 Å². The van der Waals surface area contributed by atoms with E-state index in [1.54, 1.807) is 0 Å². The average molecular weight is 206 g/mol. The van der Waals surface area contributed by atoms with Crippen molar-refractivity contribution in [2.75, 3.05) is 13.6 Å². The molecule has 84 valence electrons. The van der Waals surface area contributed by atoms with Crippen LogP contribution in [0.4, 0.5) is 0 Å². The van der Waals surface area contributed by atoms with Crippen molar-refractivity contribution in [3.05, 3.63) is 35.4 Å². The van der Waals surface area contributed by atoms with Gasteiger partial charge >= 0.3 is 0 Å². The Morgan fingerprint density at radius 1 is 1.20 bits per heavy atom. The first-order valence-corrected chi connectivity index (χ1v) is 5.62. The highest BCUT2D eigenvalue weighted by molar-refractivity contribution is 5.27. The molecule has 0 fully saturated rings. The molecule has 0 atom stereocenters. The molecule has 1 aromatic carbocycles. The fraction of sp³-hybridized carbons (Fsp3) is 0.538. The molecule has 0 aliphatic heterocycles. The van der Waals surface area contributed by atoms with Gasteiger partial charge in [-0.1, -0.05) is 24.3 Å². The summed E-state index contributed by atoms with van der Waals surface area (Å²) in [4.78, 5) is 2.34. The average Bonchev–Trinajstić information content (AvgIpc) is 2.21. The first-order chi connectivity index (χ1) is 7.15. The molecule has 0 aliphatic carbocycles. The van der Waals surface area contributed by atoms with E-state index in [1.807, 2.05) is 0 Å². The van der Waals surface area contributed by atoms with Crippen LogP contribution in [0.5, 0.6) is 0 Å². The second kappa shape index (κ2) is 5.89. The van der Waals surface area contributed by atoms with Crippen LogP contribution < -0.4 is 5.73 Å². The van der Waals surface area contributed by atoms with Crippen LogP contribution in [0, 0.1) is 0 Å². The summed E-state index contributed by atoms with van der Waals surface area (Å²) in [6.07, 6.45) is 0.974. The van der Waals surface area contributed by atoms with Gasteiger partial charge in [0.25, 0.3) is 0 Å². The van der Waals surface area contributed by atoms with Crippen molar-refractivity contribution in [3.8, 4) is 0 Å². The lowest BCUT2D eigenvalue weighted by Crippen LogP contribution is -2.26. The van der Waals surface area contributed by atoms with E-state index in [-0.39, 0.29) is 0 Å². The lowest BCUT2D eigenvalue weighted by atomic mass is 10.0. The molecule has 0 unspecified atom stereocenters. The number of hydrogen-bond acceptors (Lipinski definition) is 2. The minimum absolute atomic E-state index is 0.580. The van der Waals surface area contributed by atoms with Gasteiger partial charge in [-0.15, -0.1) is 0 Å². The summed E-state index contributed by atoms with van der Waals surface area (Å²) in [5.41, 5.74) is 8.39. The molecule has 0 saturated carbocycles. The fourth-order valence-corrected chi connectivity index (χ4v) is 1.56. The van der Waals surface area contributed by atoms with Gasteiger partial charge in [0.2, 0.25) is 0 Å². The topological polar surface area (TPSA) is 29.3 Å². The van der Waals surface area contributed by atoms with Gasteiger partial charge in [-0.25, -0.2) is 0 Å². The predicted octanol–water partition coefficient (Wildman–Crippen LogP) is 2.03. The number of nitrogens with two attached hydrogens (primary N) is 1. The Morgan fingerprint density at radius 2 is 1.80 bits per heavy atom. The highest BCUT2D eigenvalue weighted by Crippen LogP contribution is 2.12. The molecule has 2 N–H and O–H groups in total. The maximum Gasteiger partial charge on any atom is 0.0236 e. The van der Waals surface area contributed by atoms with E-state index >= 15 is 0 Å². The number of benzene rings is 1. The van der Waals surface area contributed by atoms with Gasteiger partial charge in [-0.2, -0.15) is 0 Å². The number of rotatable bonds is 5. The minimum Gasteiger partial charge on any atom is -0.330 e. The second-order valence-corrected chi connectivity index (χ2v) is 4.32. The van der Waals surface area contributed by atoms with Crippen LogP contribution in [-0.2, 0) is 13.0 Å². The molecule has 0 radical (unpaired) electrons. The zero-order valence-corrected chi connectivity index (χ0v) is 10.0. The Bertz CT molecular complexity index is 294. The van der Waals surface area contributed by atoms with Crippen molar-refractivity contribution in [2.24, 2.45) is 5.73 Å². The highest BCUT2D eigenvalue weighted by Gasteiger charge is 2.06. The first kappa shape index (κ1) is 12.2. The summed E-state index contributed by atoms with van der Waals surface area (Å²) in [5.74, 6) is 0. The summed E-state index contributed by atoms with van der Waals surface area (Å²) >= 11 is 0. The molecule has 1 rings (SSSR count). The van der Waals surface area contributed by atoms with Gasteiger partial charge in [0.1, 0.15) is 0 Å². The Balaban J connectivity index is 2.74. The third-order valence-corrected chi connectivity index (χ3v) is 2.83. The van der Waals surface area contributed by atoms with Crippen LogP contribution in [0.1, 0.15) is 25.0 Å². The molecular weight excluding hydrogens is 184 g/mol. The molecule has 0 amide bonds. The number of nitrogens with zero attached hydrogens (tertiary/aromatic N) is 1. The van der Waals surface area contributed by atoms with Crippen LogP contribution >= 0.6 is 0 Å². The monoisotopic (exact) mass is 206 g/mol. The standard InChI is InChI=1S/C13H22N2/c1-11(2)15(3)10-13-7-5-4-6-12(13)8-9-14/h4-7,11H,8-10,14H2,1-3H3. The fourth-order valence-electron chi connectivity index (χ4n) is 1.56. The van der Waals surface area contributed by atoms with Gasteiger partial charge in [-0.05, 0) is 45.0 Å². The maximum atomic E-state index is 5.61. The SMILES string of the molecule is CC(C)N(C)Cc1ccccc1CCN. The van der Waals surface area contributed by atoms with Crippen molar-refractivity contribution >= 4 is 0 Å². The predicted molar refractivity (Wildman–Crippen MR) is 65.8 cm³/mol. The summed E-state index contributed by atoms with van der Waals surface area (Å²) in [5, 5.41) is 0. The molecule has 0 aromatic heterocycles. The summed E-state index contributed by atoms with van der Waals surface area (Å²) < 4.78 is 0. The highest BCUT2D eigenvalue weighted by atomic mass is 15.1. The van der Waals surface area contributed by atoms with Crippen LogP contribution in [0.15, 0.2) is 24.3 Å². The minimum atomic E-state index is 0.580. The first-order valence-electron chi connectivity index (χ1n) is 5.62. The number of hydrogen-bond donors (Lipinski definition) is 1. The molecule has 0 bridgehead atoms. The lowest BCUT2D eigenvalue weighted by molar-refractivity contribution is 0.265. The van der Waals surface area contributed by atoms with Gasteiger partial charge < -0.3 is 5.73 Å². The molecule has 1 aromatic rings. The van der Waals surface area contributed by atoms with Gasteiger partial charge in [-0.3, -0.25) is 4.90 Å². The van der Waals surface area contributed by atoms with E-state index in [2.05, 4.69) is 50.1 Å². The van der Waals surface area contributed by atoms with Crippen LogP contribution in [0.3, 0.4) is 0 Å². The van der Waals surface area contributed by atoms with Gasteiger partial charge in [0.05, 0.1) is 0 Å². The van der Waals surface area contributed by atoms with Crippen molar-refractivity contribution in [3.63, 3.8) is 0 Å². The van der Waals surface area contributed by atoms with Crippen molar-refractivity contribution < 1.29 is 0 Å². The summed E-state index contributed by atoms with van der Waals surface area (Å²) in [6, 6.07) is 9.14. The van der Waals surface area contributed by atoms with Crippen LogP contribution in [-0.4, -0.2) is 24.5 Å². The molecule has 0 aliphatic rings. The molecule has 0 heterocycles. The molecular formula is C13H22N2. The normalized spacial score (nSPS) is 11.3. The largest absolute Gasteiger partial charge is 0.330 e. The Morgan fingerprint density at radius 3 is 2.33 bits per heavy atom. The van der Waals surface area contributed by atoms with E-state index < -0.39 is 0 Å². The Kier molecular flexibility index (Phi) is 4.79. The quantitative estimate of drug-likeness (QED) is 0.798. The molecule has 15 heavy (non-hydrogen) atoms. The van der Waals surface area contributed by atoms with Gasteiger partial charge in [0, 0.05) is 12.6 Å². The van der Waals surface area contributed by atoms with E-state index in [4.69, 9.17) is 5.73 Å². The summed E-state index contributed by atoms with van der Waals surface area (Å²) in [6.45, 7) is 6.16. The van der Waals surface area contributed by atoms with Crippen LogP contribution in [0.25, 0.3) is 0 Å². The third-order valence-electron chi connectivity index (χ3n) is 2.83.